The third-order valence-corrected chi connectivity index (χ3v) is 4.12. The Morgan fingerprint density at radius 1 is 1.26 bits per heavy atom. The van der Waals surface area contributed by atoms with Crippen molar-refractivity contribution >= 4 is 17.7 Å². The van der Waals surface area contributed by atoms with Crippen LogP contribution in [0.15, 0.2) is 6.20 Å². The van der Waals surface area contributed by atoms with E-state index in [2.05, 4.69) is 14.6 Å². The van der Waals surface area contributed by atoms with E-state index in [1.807, 2.05) is 10.9 Å². The molecule has 1 aliphatic rings. The van der Waals surface area contributed by atoms with Crippen LogP contribution in [0.4, 0.5) is 0 Å². The number of methoxy groups -OCH3 is 2. The molecule has 0 bridgehead atoms. The molecule has 0 amide bonds. The molecule has 1 heterocycles. The van der Waals surface area contributed by atoms with Crippen LogP contribution in [-0.2, 0) is 43.2 Å². The number of carbonyl (C=O) groups is 3. The number of fused-ring (bicyclic) bond motifs is 1. The first kappa shape index (κ1) is 17.2. The molecule has 0 aliphatic heterocycles. The molecule has 7 nitrogen and oxygen atoms in total. The number of ketones is 1. The van der Waals surface area contributed by atoms with Gasteiger partial charge in [0.1, 0.15) is 12.2 Å². The monoisotopic (exact) mass is 322 g/mol. The van der Waals surface area contributed by atoms with Gasteiger partial charge in [0.2, 0.25) is 0 Å². The average molecular weight is 322 g/mol. The van der Waals surface area contributed by atoms with E-state index in [1.54, 1.807) is 0 Å². The zero-order valence-corrected chi connectivity index (χ0v) is 13.5. The number of aryl methyl sites for hydroxylation is 2. The molecule has 7 heteroatoms. The van der Waals surface area contributed by atoms with E-state index in [9.17, 15) is 14.4 Å². The van der Waals surface area contributed by atoms with Gasteiger partial charge in [-0.25, -0.2) is 0 Å². The van der Waals surface area contributed by atoms with Gasteiger partial charge in [0.25, 0.3) is 0 Å². The van der Waals surface area contributed by atoms with Gasteiger partial charge in [-0.15, -0.1) is 0 Å². The second-order valence-electron chi connectivity index (χ2n) is 5.70. The van der Waals surface area contributed by atoms with Gasteiger partial charge in [-0.2, -0.15) is 5.10 Å². The summed E-state index contributed by atoms with van der Waals surface area (Å²) in [7, 11) is 2.66. The summed E-state index contributed by atoms with van der Waals surface area (Å²) in [6.45, 7) is 0.642. The number of aromatic nitrogens is 2. The first-order valence-electron chi connectivity index (χ1n) is 7.75. The van der Waals surface area contributed by atoms with E-state index in [0.29, 0.717) is 32.2 Å². The number of hydrogen-bond donors (Lipinski definition) is 0. The minimum absolute atomic E-state index is 0.0686. The molecular formula is C16H22N2O5. The smallest absolute Gasteiger partial charge is 0.313 e. The summed E-state index contributed by atoms with van der Waals surface area (Å²) in [4.78, 5) is 34.4. The van der Waals surface area contributed by atoms with Gasteiger partial charge in [0.15, 0.2) is 0 Å². The number of rotatable bonds is 7. The lowest BCUT2D eigenvalue weighted by atomic mass is 9.84. The zero-order valence-electron chi connectivity index (χ0n) is 13.5. The lowest BCUT2D eigenvalue weighted by molar-refractivity contribution is -0.144. The molecule has 1 unspecified atom stereocenters. The normalized spacial score (nSPS) is 16.5. The molecule has 0 N–H and O–H groups in total. The van der Waals surface area contributed by atoms with Gasteiger partial charge in [-0.1, -0.05) is 0 Å². The maximum absolute atomic E-state index is 12.1. The Morgan fingerprint density at radius 3 is 2.70 bits per heavy atom. The Labute approximate surface area is 134 Å². The minimum Gasteiger partial charge on any atom is -0.469 e. The second-order valence-corrected chi connectivity index (χ2v) is 5.70. The Kier molecular flexibility index (Phi) is 5.90. The molecule has 0 radical (unpaired) electrons. The number of ether oxygens (including phenoxy) is 2. The fourth-order valence-electron chi connectivity index (χ4n) is 2.80. The first-order valence-corrected chi connectivity index (χ1v) is 7.75. The van der Waals surface area contributed by atoms with Crippen molar-refractivity contribution < 1.29 is 23.9 Å². The number of hydrogen-bond acceptors (Lipinski definition) is 6. The number of Topliss-reactive ketones (excluding diaryl/α,β-unsaturated/α-hetero) is 1. The molecule has 2 rings (SSSR count). The predicted molar refractivity (Wildman–Crippen MR) is 80.6 cm³/mol. The van der Waals surface area contributed by atoms with Gasteiger partial charge >= 0.3 is 11.9 Å². The summed E-state index contributed by atoms with van der Waals surface area (Å²) in [5, 5.41) is 4.51. The van der Waals surface area contributed by atoms with Gasteiger partial charge < -0.3 is 9.47 Å². The van der Waals surface area contributed by atoms with E-state index in [1.165, 1.54) is 14.2 Å². The molecule has 126 valence electrons. The topological polar surface area (TPSA) is 87.5 Å². The SMILES string of the molecule is COC(=O)CCCn1cc2c(n1)CCC(C(=O)CC(=O)OC)C2. The molecule has 0 fully saturated rings. The Hall–Kier alpha value is -2.18. The van der Waals surface area contributed by atoms with Crippen molar-refractivity contribution in [3.63, 3.8) is 0 Å². The van der Waals surface area contributed by atoms with E-state index >= 15 is 0 Å². The van der Waals surface area contributed by atoms with E-state index in [4.69, 9.17) is 0 Å². The van der Waals surface area contributed by atoms with Crippen LogP contribution in [0.5, 0.6) is 0 Å². The van der Waals surface area contributed by atoms with Gasteiger partial charge in [-0.3, -0.25) is 19.1 Å². The van der Waals surface area contributed by atoms with Crippen molar-refractivity contribution in [1.82, 2.24) is 9.78 Å². The van der Waals surface area contributed by atoms with Gasteiger partial charge in [-0.05, 0) is 31.2 Å². The molecule has 1 aromatic heterocycles. The summed E-state index contributed by atoms with van der Waals surface area (Å²) in [5.41, 5.74) is 2.06. The minimum atomic E-state index is -0.487. The molecule has 0 aromatic carbocycles. The number of nitrogens with zero attached hydrogens (tertiary/aromatic N) is 2. The van der Waals surface area contributed by atoms with E-state index < -0.39 is 5.97 Å². The van der Waals surface area contributed by atoms with Crippen molar-refractivity contribution in [2.45, 2.75) is 45.1 Å². The van der Waals surface area contributed by atoms with Crippen LogP contribution in [0.2, 0.25) is 0 Å². The second kappa shape index (κ2) is 7.89. The van der Waals surface area contributed by atoms with Crippen molar-refractivity contribution in [2.75, 3.05) is 14.2 Å². The summed E-state index contributed by atoms with van der Waals surface area (Å²) >= 11 is 0. The van der Waals surface area contributed by atoms with Crippen LogP contribution in [0.3, 0.4) is 0 Å². The van der Waals surface area contributed by atoms with Crippen LogP contribution in [-0.4, -0.2) is 41.7 Å². The third-order valence-electron chi connectivity index (χ3n) is 4.12. The molecule has 0 saturated heterocycles. The predicted octanol–water partition coefficient (Wildman–Crippen LogP) is 1.07. The molecule has 0 saturated carbocycles. The largest absolute Gasteiger partial charge is 0.469 e. The number of esters is 2. The summed E-state index contributed by atoms with van der Waals surface area (Å²) in [6, 6.07) is 0. The first-order chi connectivity index (χ1) is 11.0. The van der Waals surface area contributed by atoms with Crippen LogP contribution in [0.25, 0.3) is 0 Å². The Morgan fingerprint density at radius 2 is 2.00 bits per heavy atom. The maximum Gasteiger partial charge on any atom is 0.313 e. The summed E-state index contributed by atoms with van der Waals surface area (Å²) in [6.07, 6.45) is 4.86. The highest BCUT2D eigenvalue weighted by atomic mass is 16.5. The maximum atomic E-state index is 12.1. The molecular weight excluding hydrogens is 300 g/mol. The van der Waals surface area contributed by atoms with E-state index in [-0.39, 0.29) is 24.1 Å². The van der Waals surface area contributed by atoms with Crippen LogP contribution < -0.4 is 0 Å². The fraction of sp³-hybridized carbons (Fsp3) is 0.625. The van der Waals surface area contributed by atoms with Crippen molar-refractivity contribution in [3.05, 3.63) is 17.5 Å². The standard InChI is InChI=1S/C16H22N2O5/c1-22-15(20)4-3-7-18-10-12-8-11(5-6-13(12)17-18)14(19)9-16(21)23-2/h10-11H,3-9H2,1-2H3. The Bertz CT molecular complexity index is 593. The number of carbonyl (C=O) groups excluding carboxylic acids is 3. The van der Waals surface area contributed by atoms with E-state index in [0.717, 1.165) is 17.7 Å². The van der Waals surface area contributed by atoms with Crippen LogP contribution in [0.1, 0.15) is 36.9 Å². The third kappa shape index (κ3) is 4.64. The van der Waals surface area contributed by atoms with Gasteiger partial charge in [0, 0.05) is 25.1 Å². The fourth-order valence-corrected chi connectivity index (χ4v) is 2.80. The van der Waals surface area contributed by atoms with Crippen molar-refractivity contribution in [2.24, 2.45) is 5.92 Å². The highest BCUT2D eigenvalue weighted by Crippen LogP contribution is 2.26. The van der Waals surface area contributed by atoms with Crippen molar-refractivity contribution in [1.29, 1.82) is 0 Å². The molecule has 1 atom stereocenters. The molecule has 23 heavy (non-hydrogen) atoms. The average Bonchev–Trinajstić information content (AvgIpc) is 2.96. The van der Waals surface area contributed by atoms with Crippen molar-refractivity contribution in [3.8, 4) is 0 Å². The lowest BCUT2D eigenvalue weighted by Crippen LogP contribution is -2.24. The molecule has 0 spiro atoms. The Balaban J connectivity index is 1.90. The molecule has 1 aliphatic carbocycles. The molecule has 1 aromatic rings. The zero-order chi connectivity index (χ0) is 16.8. The van der Waals surface area contributed by atoms with Crippen LogP contribution >= 0.6 is 0 Å². The highest BCUT2D eigenvalue weighted by molar-refractivity contribution is 5.96. The summed E-state index contributed by atoms with van der Waals surface area (Å²) < 4.78 is 11.0. The summed E-state index contributed by atoms with van der Waals surface area (Å²) in [5.74, 6) is -0.926. The lowest BCUT2D eigenvalue weighted by Gasteiger charge is -2.19. The highest BCUT2D eigenvalue weighted by Gasteiger charge is 2.28. The van der Waals surface area contributed by atoms with Crippen LogP contribution in [0, 0.1) is 5.92 Å². The van der Waals surface area contributed by atoms with Gasteiger partial charge in [0.05, 0.1) is 19.9 Å². The quantitative estimate of drug-likeness (QED) is 0.551.